The molecule has 1 aliphatic carbocycles. The minimum Gasteiger partial charge on any atom is -0.313 e. The third kappa shape index (κ3) is 3.33. The minimum absolute atomic E-state index is 0.233. The van der Waals surface area contributed by atoms with Crippen molar-refractivity contribution >= 4 is 0 Å². The van der Waals surface area contributed by atoms with E-state index in [9.17, 15) is 8.78 Å². The van der Waals surface area contributed by atoms with Crippen molar-refractivity contribution in [2.45, 2.75) is 52.0 Å². The van der Waals surface area contributed by atoms with Gasteiger partial charge in [0.05, 0.1) is 0 Å². The molecule has 0 radical (unpaired) electrons. The second-order valence-electron chi connectivity index (χ2n) is 5.91. The lowest BCUT2D eigenvalue weighted by atomic mass is 9.77. The van der Waals surface area contributed by atoms with Crippen LogP contribution in [0.3, 0.4) is 0 Å². The molecule has 1 unspecified atom stereocenters. The molecular weight excluding hydrogens is 244 g/mol. The zero-order valence-electron chi connectivity index (χ0n) is 11.8. The van der Waals surface area contributed by atoms with Crippen LogP contribution >= 0.6 is 0 Å². The van der Waals surface area contributed by atoms with Gasteiger partial charge in [-0.2, -0.15) is 0 Å². The highest BCUT2D eigenvalue weighted by atomic mass is 19.1. The monoisotopic (exact) mass is 267 g/mol. The molecule has 1 aromatic carbocycles. The standard InChI is InChI=1S/C16H23F2N/c1-3-19-15(16(2)8-4-5-9-16)10-12-6-7-13(17)11-14(12)18/h6-7,11,15,19H,3-5,8-10H2,1-2H3. The number of nitrogens with one attached hydrogen (secondary N) is 1. The van der Waals surface area contributed by atoms with E-state index in [2.05, 4.69) is 19.2 Å². The predicted octanol–water partition coefficient (Wildman–Crippen LogP) is 4.07. The van der Waals surface area contributed by atoms with Gasteiger partial charge >= 0.3 is 0 Å². The summed E-state index contributed by atoms with van der Waals surface area (Å²) in [4.78, 5) is 0. The molecule has 1 atom stereocenters. The Labute approximate surface area is 114 Å². The molecule has 0 amide bonds. The zero-order valence-corrected chi connectivity index (χ0v) is 11.8. The highest BCUT2D eigenvalue weighted by molar-refractivity contribution is 5.20. The molecule has 1 aromatic rings. The molecule has 0 aliphatic heterocycles. The fourth-order valence-corrected chi connectivity index (χ4v) is 3.25. The van der Waals surface area contributed by atoms with Gasteiger partial charge in [0.1, 0.15) is 11.6 Å². The zero-order chi connectivity index (χ0) is 13.9. The molecule has 1 aliphatic rings. The molecule has 1 saturated carbocycles. The molecule has 2 rings (SSSR count). The molecule has 0 saturated heterocycles. The number of hydrogen-bond acceptors (Lipinski definition) is 1. The van der Waals surface area contributed by atoms with E-state index in [1.165, 1.54) is 31.7 Å². The van der Waals surface area contributed by atoms with Crippen LogP contribution < -0.4 is 5.32 Å². The van der Waals surface area contributed by atoms with Gasteiger partial charge in [-0.05, 0) is 42.9 Å². The summed E-state index contributed by atoms with van der Waals surface area (Å²) < 4.78 is 26.7. The maximum Gasteiger partial charge on any atom is 0.129 e. The molecule has 0 heterocycles. The van der Waals surface area contributed by atoms with Crippen LogP contribution in [0.4, 0.5) is 8.78 Å². The van der Waals surface area contributed by atoms with Crippen LogP contribution in [0.2, 0.25) is 0 Å². The van der Waals surface area contributed by atoms with Gasteiger partial charge < -0.3 is 5.32 Å². The molecule has 0 spiro atoms. The van der Waals surface area contributed by atoms with Crippen LogP contribution in [0.5, 0.6) is 0 Å². The lowest BCUT2D eigenvalue weighted by molar-refractivity contribution is 0.220. The highest BCUT2D eigenvalue weighted by Crippen LogP contribution is 2.41. The Morgan fingerprint density at radius 1 is 1.26 bits per heavy atom. The Balaban J connectivity index is 2.16. The third-order valence-electron chi connectivity index (χ3n) is 4.48. The van der Waals surface area contributed by atoms with Gasteiger partial charge in [-0.1, -0.05) is 32.8 Å². The van der Waals surface area contributed by atoms with Crippen molar-refractivity contribution in [3.8, 4) is 0 Å². The van der Waals surface area contributed by atoms with Gasteiger partial charge in [0.15, 0.2) is 0 Å². The molecule has 0 bridgehead atoms. The molecule has 0 aromatic heterocycles. The van der Waals surface area contributed by atoms with E-state index in [-0.39, 0.29) is 11.5 Å². The van der Waals surface area contributed by atoms with Crippen LogP contribution in [-0.4, -0.2) is 12.6 Å². The van der Waals surface area contributed by atoms with Gasteiger partial charge in [0, 0.05) is 12.1 Å². The summed E-state index contributed by atoms with van der Waals surface area (Å²) in [5.74, 6) is -0.933. The largest absolute Gasteiger partial charge is 0.313 e. The summed E-state index contributed by atoms with van der Waals surface area (Å²) in [6.45, 7) is 5.24. The van der Waals surface area contributed by atoms with Gasteiger partial charge in [0.2, 0.25) is 0 Å². The van der Waals surface area contributed by atoms with E-state index in [0.717, 1.165) is 12.6 Å². The quantitative estimate of drug-likeness (QED) is 0.848. The first kappa shape index (κ1) is 14.4. The van der Waals surface area contributed by atoms with Gasteiger partial charge in [-0.25, -0.2) is 8.78 Å². The first-order chi connectivity index (χ1) is 9.05. The normalized spacial score (nSPS) is 19.6. The number of hydrogen-bond donors (Lipinski definition) is 1. The Hall–Kier alpha value is -0.960. The van der Waals surface area contributed by atoms with Gasteiger partial charge in [-0.3, -0.25) is 0 Å². The lowest BCUT2D eigenvalue weighted by Crippen LogP contribution is -2.43. The van der Waals surface area contributed by atoms with Crippen LogP contribution in [0.25, 0.3) is 0 Å². The summed E-state index contributed by atoms with van der Waals surface area (Å²) in [5.41, 5.74) is 0.845. The maximum atomic E-state index is 13.8. The number of benzene rings is 1. The highest BCUT2D eigenvalue weighted by Gasteiger charge is 2.36. The number of halogens is 2. The average molecular weight is 267 g/mol. The maximum absolute atomic E-state index is 13.8. The summed E-state index contributed by atoms with van der Waals surface area (Å²) in [5, 5.41) is 3.49. The van der Waals surface area contributed by atoms with Crippen molar-refractivity contribution in [2.75, 3.05) is 6.54 Å². The minimum atomic E-state index is -0.506. The molecule has 19 heavy (non-hydrogen) atoms. The van der Waals surface area contributed by atoms with Crippen molar-refractivity contribution in [2.24, 2.45) is 5.41 Å². The Bertz CT molecular complexity index is 425. The fourth-order valence-electron chi connectivity index (χ4n) is 3.25. The molecule has 106 valence electrons. The van der Waals surface area contributed by atoms with E-state index in [1.54, 1.807) is 6.07 Å². The van der Waals surface area contributed by atoms with Gasteiger partial charge in [0.25, 0.3) is 0 Å². The lowest BCUT2D eigenvalue weighted by Gasteiger charge is -2.35. The first-order valence-electron chi connectivity index (χ1n) is 7.22. The Morgan fingerprint density at radius 2 is 1.95 bits per heavy atom. The van der Waals surface area contributed by atoms with Crippen molar-refractivity contribution in [3.05, 3.63) is 35.4 Å². The van der Waals surface area contributed by atoms with Crippen molar-refractivity contribution in [3.63, 3.8) is 0 Å². The Morgan fingerprint density at radius 3 is 2.53 bits per heavy atom. The third-order valence-corrected chi connectivity index (χ3v) is 4.48. The van der Waals surface area contributed by atoms with Crippen LogP contribution in [0.1, 0.15) is 45.1 Å². The summed E-state index contributed by atoms with van der Waals surface area (Å²) >= 11 is 0. The van der Waals surface area contributed by atoms with Crippen molar-refractivity contribution < 1.29 is 8.78 Å². The molecule has 1 nitrogen and oxygen atoms in total. The first-order valence-corrected chi connectivity index (χ1v) is 7.22. The van der Waals surface area contributed by atoms with Crippen molar-refractivity contribution in [1.82, 2.24) is 5.32 Å². The molecule has 3 heteroatoms. The van der Waals surface area contributed by atoms with E-state index in [0.29, 0.717) is 12.0 Å². The van der Waals surface area contributed by atoms with E-state index < -0.39 is 11.6 Å². The second-order valence-corrected chi connectivity index (χ2v) is 5.91. The number of rotatable bonds is 5. The SMILES string of the molecule is CCNC(Cc1ccc(F)cc1F)C1(C)CCCC1. The fraction of sp³-hybridized carbons (Fsp3) is 0.625. The topological polar surface area (TPSA) is 12.0 Å². The smallest absolute Gasteiger partial charge is 0.129 e. The summed E-state index contributed by atoms with van der Waals surface area (Å²) in [6, 6.07) is 4.17. The molecule has 1 N–H and O–H groups in total. The van der Waals surface area contributed by atoms with Crippen LogP contribution in [0, 0.1) is 17.0 Å². The van der Waals surface area contributed by atoms with Gasteiger partial charge in [-0.15, -0.1) is 0 Å². The van der Waals surface area contributed by atoms with E-state index in [1.807, 2.05) is 0 Å². The second kappa shape index (κ2) is 6.00. The van der Waals surface area contributed by atoms with E-state index >= 15 is 0 Å². The average Bonchev–Trinajstić information content (AvgIpc) is 2.80. The summed E-state index contributed by atoms with van der Waals surface area (Å²) in [6.07, 6.45) is 5.52. The van der Waals surface area contributed by atoms with E-state index in [4.69, 9.17) is 0 Å². The number of likely N-dealkylation sites (N-methyl/N-ethyl adjacent to an activating group) is 1. The van der Waals surface area contributed by atoms with Crippen LogP contribution in [0.15, 0.2) is 18.2 Å². The molecular formula is C16H23F2N. The summed E-state index contributed by atoms with van der Waals surface area (Å²) in [7, 11) is 0. The van der Waals surface area contributed by atoms with Crippen molar-refractivity contribution in [1.29, 1.82) is 0 Å². The molecule has 1 fully saturated rings. The van der Waals surface area contributed by atoms with Crippen LogP contribution in [-0.2, 0) is 6.42 Å². The Kier molecular flexibility index (Phi) is 4.56. The predicted molar refractivity (Wildman–Crippen MR) is 74.1 cm³/mol.